The first-order chi connectivity index (χ1) is 8.24. The molecule has 1 aliphatic rings. The summed E-state index contributed by atoms with van der Waals surface area (Å²) < 4.78 is 5.33. The zero-order chi connectivity index (χ0) is 12.5. The molecule has 1 aliphatic heterocycles. The van der Waals surface area contributed by atoms with E-state index in [1.54, 1.807) is 0 Å². The van der Waals surface area contributed by atoms with Crippen LogP contribution in [0.15, 0.2) is 4.99 Å². The topological polar surface area (TPSA) is 62.9 Å². The fourth-order valence-electron chi connectivity index (χ4n) is 1.81. The molecule has 0 bridgehead atoms. The van der Waals surface area contributed by atoms with Crippen LogP contribution in [-0.4, -0.2) is 56.3 Å². The van der Waals surface area contributed by atoms with Gasteiger partial charge in [-0.2, -0.15) is 0 Å². The van der Waals surface area contributed by atoms with Gasteiger partial charge in [0, 0.05) is 25.7 Å². The summed E-state index contributed by atoms with van der Waals surface area (Å²) in [6.07, 6.45) is 2.31. The van der Waals surface area contributed by atoms with Crippen molar-refractivity contribution in [3.05, 3.63) is 0 Å². The van der Waals surface area contributed by atoms with E-state index in [0.717, 1.165) is 45.8 Å². The van der Waals surface area contributed by atoms with Crippen molar-refractivity contribution < 1.29 is 4.74 Å². The molecule has 1 fully saturated rings. The van der Waals surface area contributed by atoms with Crippen LogP contribution in [0, 0.1) is 0 Å². The third-order valence-electron chi connectivity index (χ3n) is 3.03. The van der Waals surface area contributed by atoms with Crippen LogP contribution >= 0.6 is 0 Å². The lowest BCUT2D eigenvalue weighted by atomic mass is 10.2. The van der Waals surface area contributed by atoms with Crippen LogP contribution in [0.3, 0.4) is 0 Å². The van der Waals surface area contributed by atoms with E-state index < -0.39 is 0 Å². The molecule has 0 radical (unpaired) electrons. The molecule has 1 heterocycles. The van der Waals surface area contributed by atoms with Crippen molar-refractivity contribution in [3.63, 3.8) is 0 Å². The Labute approximate surface area is 104 Å². The van der Waals surface area contributed by atoms with E-state index in [-0.39, 0.29) is 0 Å². The van der Waals surface area contributed by atoms with Gasteiger partial charge in [0.25, 0.3) is 0 Å². The van der Waals surface area contributed by atoms with Gasteiger partial charge in [0.15, 0.2) is 5.96 Å². The molecule has 0 spiro atoms. The number of nitrogens with two attached hydrogens (primary N) is 1. The van der Waals surface area contributed by atoms with Crippen molar-refractivity contribution in [1.82, 2.24) is 10.2 Å². The molecule has 100 valence electrons. The molecule has 5 nitrogen and oxygen atoms in total. The highest BCUT2D eigenvalue weighted by Crippen LogP contribution is 2.03. The number of ether oxygens (including phenoxy) is 1. The van der Waals surface area contributed by atoms with E-state index in [1.165, 1.54) is 6.42 Å². The molecule has 3 N–H and O–H groups in total. The van der Waals surface area contributed by atoms with Gasteiger partial charge in [0.05, 0.1) is 19.8 Å². The molecule has 0 amide bonds. The molecule has 0 saturated carbocycles. The first-order valence-corrected chi connectivity index (χ1v) is 6.59. The second-order valence-corrected chi connectivity index (χ2v) is 4.50. The Kier molecular flexibility index (Phi) is 6.96. The van der Waals surface area contributed by atoms with Crippen LogP contribution in [0.2, 0.25) is 0 Å². The number of hydrogen-bond acceptors (Lipinski definition) is 3. The molecule has 5 heteroatoms. The van der Waals surface area contributed by atoms with Crippen molar-refractivity contribution in [2.45, 2.75) is 32.7 Å². The summed E-state index contributed by atoms with van der Waals surface area (Å²) in [5.74, 6) is 0.568. The summed E-state index contributed by atoms with van der Waals surface area (Å²) >= 11 is 0. The average Bonchev–Trinajstić information content (AvgIpc) is 2.37. The second-order valence-electron chi connectivity index (χ2n) is 4.50. The Morgan fingerprint density at radius 2 is 2.18 bits per heavy atom. The predicted octanol–water partition coefficient (Wildman–Crippen LogP) is 0.412. The fraction of sp³-hybridized carbons (Fsp3) is 0.917. The minimum atomic E-state index is 0.436. The van der Waals surface area contributed by atoms with Crippen LogP contribution in [0.25, 0.3) is 0 Å². The van der Waals surface area contributed by atoms with Gasteiger partial charge < -0.3 is 15.8 Å². The van der Waals surface area contributed by atoms with Crippen LogP contribution in [0.4, 0.5) is 0 Å². The maximum atomic E-state index is 5.79. The van der Waals surface area contributed by atoms with Crippen molar-refractivity contribution in [2.75, 3.05) is 39.4 Å². The summed E-state index contributed by atoms with van der Waals surface area (Å²) in [4.78, 5) is 6.77. The number of aliphatic imine (C=N–C) groups is 1. The molecule has 1 unspecified atom stereocenters. The molecule has 17 heavy (non-hydrogen) atoms. The van der Waals surface area contributed by atoms with E-state index in [1.807, 2.05) is 0 Å². The lowest BCUT2D eigenvalue weighted by Crippen LogP contribution is -2.44. The number of hydrogen-bond donors (Lipinski definition) is 2. The van der Waals surface area contributed by atoms with Gasteiger partial charge in [-0.25, -0.2) is 0 Å². The van der Waals surface area contributed by atoms with Gasteiger partial charge in [-0.15, -0.1) is 0 Å². The molecular formula is C12H26N4O. The van der Waals surface area contributed by atoms with Crippen molar-refractivity contribution in [3.8, 4) is 0 Å². The maximum absolute atomic E-state index is 5.79. The van der Waals surface area contributed by atoms with Gasteiger partial charge in [0.1, 0.15) is 0 Å². The lowest BCUT2D eigenvalue weighted by Gasteiger charge is -2.31. The first-order valence-electron chi connectivity index (χ1n) is 6.59. The smallest absolute Gasteiger partial charge is 0.188 e. The van der Waals surface area contributed by atoms with E-state index >= 15 is 0 Å². The first kappa shape index (κ1) is 14.3. The zero-order valence-electron chi connectivity index (χ0n) is 11.1. The number of nitrogens with zero attached hydrogens (tertiary/aromatic N) is 2. The highest BCUT2D eigenvalue weighted by atomic mass is 16.5. The molecule has 1 rings (SSSR count). The molecule has 0 aliphatic carbocycles. The van der Waals surface area contributed by atoms with Gasteiger partial charge in [-0.05, 0) is 13.3 Å². The van der Waals surface area contributed by atoms with Crippen LogP contribution in [-0.2, 0) is 4.74 Å². The van der Waals surface area contributed by atoms with E-state index in [4.69, 9.17) is 10.5 Å². The lowest BCUT2D eigenvalue weighted by molar-refractivity contribution is 0.0220. The van der Waals surface area contributed by atoms with Gasteiger partial charge >= 0.3 is 0 Å². The molecule has 0 aromatic carbocycles. The van der Waals surface area contributed by atoms with E-state index in [9.17, 15) is 0 Å². The number of morpholine rings is 1. The van der Waals surface area contributed by atoms with E-state index in [0.29, 0.717) is 12.0 Å². The van der Waals surface area contributed by atoms with Gasteiger partial charge in [-0.1, -0.05) is 13.3 Å². The van der Waals surface area contributed by atoms with E-state index in [2.05, 4.69) is 29.1 Å². The molecule has 1 atom stereocenters. The Morgan fingerprint density at radius 3 is 2.82 bits per heavy atom. The van der Waals surface area contributed by atoms with Crippen molar-refractivity contribution in [1.29, 1.82) is 0 Å². The fourth-order valence-corrected chi connectivity index (χ4v) is 1.81. The van der Waals surface area contributed by atoms with Crippen LogP contribution < -0.4 is 11.1 Å². The normalized spacial score (nSPS) is 20.2. The Balaban J connectivity index is 2.20. The third-order valence-corrected chi connectivity index (χ3v) is 3.03. The monoisotopic (exact) mass is 242 g/mol. The van der Waals surface area contributed by atoms with Crippen molar-refractivity contribution in [2.24, 2.45) is 10.7 Å². The van der Waals surface area contributed by atoms with Crippen molar-refractivity contribution >= 4 is 5.96 Å². The zero-order valence-corrected chi connectivity index (χ0v) is 11.1. The van der Waals surface area contributed by atoms with Crippen LogP contribution in [0.1, 0.15) is 26.7 Å². The molecule has 1 saturated heterocycles. The number of rotatable bonds is 6. The predicted molar refractivity (Wildman–Crippen MR) is 71.3 cm³/mol. The largest absolute Gasteiger partial charge is 0.379 e. The Bertz CT molecular complexity index is 227. The molecule has 0 aromatic heterocycles. The highest BCUT2D eigenvalue weighted by Gasteiger charge is 2.16. The summed E-state index contributed by atoms with van der Waals surface area (Å²) in [6, 6.07) is 0.436. The summed E-state index contributed by atoms with van der Waals surface area (Å²) in [7, 11) is 0. The average molecular weight is 242 g/mol. The summed E-state index contributed by atoms with van der Waals surface area (Å²) in [5, 5.41) is 3.13. The Hall–Kier alpha value is -0.810. The van der Waals surface area contributed by atoms with Gasteiger partial charge in [-0.3, -0.25) is 9.89 Å². The number of nitrogens with one attached hydrogen (secondary N) is 1. The summed E-state index contributed by atoms with van der Waals surface area (Å²) in [5.41, 5.74) is 5.79. The number of guanidine groups is 1. The highest BCUT2D eigenvalue weighted by molar-refractivity contribution is 5.77. The Morgan fingerprint density at radius 1 is 1.47 bits per heavy atom. The second kappa shape index (κ2) is 8.31. The third kappa shape index (κ3) is 5.89. The molecular weight excluding hydrogens is 216 g/mol. The standard InChI is InChI=1S/C12H26N4O/c1-3-4-5-14-12(13)15-10-11(2)16-6-8-17-9-7-16/h11H,3-10H2,1-2H3,(H3,13,14,15). The van der Waals surface area contributed by atoms with Gasteiger partial charge in [0.2, 0.25) is 0 Å². The minimum absolute atomic E-state index is 0.436. The summed E-state index contributed by atoms with van der Waals surface area (Å²) in [6.45, 7) is 9.68. The maximum Gasteiger partial charge on any atom is 0.188 e. The SMILES string of the molecule is CCCCNC(N)=NCC(C)N1CCOCC1. The molecule has 0 aromatic rings. The number of unbranched alkanes of at least 4 members (excludes halogenated alkanes) is 1. The van der Waals surface area contributed by atoms with Crippen LogP contribution in [0.5, 0.6) is 0 Å². The minimum Gasteiger partial charge on any atom is -0.379 e. The quantitative estimate of drug-likeness (QED) is 0.402.